The van der Waals surface area contributed by atoms with Gasteiger partial charge in [-0.3, -0.25) is 9.59 Å². The number of anilines is 2. The summed E-state index contributed by atoms with van der Waals surface area (Å²) < 4.78 is 13.7. The van der Waals surface area contributed by atoms with Crippen LogP contribution in [0.3, 0.4) is 0 Å². The van der Waals surface area contributed by atoms with Crippen LogP contribution in [0, 0.1) is 5.82 Å². The molecule has 0 radical (unpaired) electrons. The van der Waals surface area contributed by atoms with Gasteiger partial charge in [0.15, 0.2) is 0 Å². The molecule has 2 amide bonds. The molecule has 0 spiro atoms. The van der Waals surface area contributed by atoms with Crippen LogP contribution in [0.5, 0.6) is 0 Å². The van der Waals surface area contributed by atoms with Crippen LogP contribution < -0.4 is 10.6 Å². The lowest BCUT2D eigenvalue weighted by Gasteiger charge is -2.17. The average molecular weight is 351 g/mol. The van der Waals surface area contributed by atoms with Crippen LogP contribution in [0.2, 0.25) is 5.02 Å². The van der Waals surface area contributed by atoms with Crippen LogP contribution in [0.4, 0.5) is 15.8 Å². The van der Waals surface area contributed by atoms with Crippen LogP contribution in [0.25, 0.3) is 0 Å². The molecule has 1 aliphatic heterocycles. The number of hydrogen-bond acceptors (Lipinski definition) is 3. The standard InChI is InChI=1S/C16H12ClFN2O2S/c17-11-2-1-3-12(18)10(11)7-15(21)19-9-4-5-14-13(6-9)20-16(22)8-23-14/h1-6H,7-8H2,(H,19,21)(H,20,22). The first-order valence-electron chi connectivity index (χ1n) is 6.82. The molecule has 0 saturated heterocycles. The van der Waals surface area contributed by atoms with Gasteiger partial charge in [0.05, 0.1) is 17.9 Å². The molecule has 0 fully saturated rings. The predicted molar refractivity (Wildman–Crippen MR) is 89.5 cm³/mol. The van der Waals surface area contributed by atoms with Crippen LogP contribution in [0.1, 0.15) is 5.56 Å². The molecule has 0 aromatic heterocycles. The highest BCUT2D eigenvalue weighted by Gasteiger charge is 2.17. The van der Waals surface area contributed by atoms with Crippen LogP contribution in [0.15, 0.2) is 41.3 Å². The summed E-state index contributed by atoms with van der Waals surface area (Å²) >= 11 is 7.36. The molecule has 2 aromatic rings. The van der Waals surface area contributed by atoms with Gasteiger partial charge >= 0.3 is 0 Å². The van der Waals surface area contributed by atoms with Gasteiger partial charge in [-0.2, -0.15) is 0 Å². The van der Waals surface area contributed by atoms with E-state index in [9.17, 15) is 14.0 Å². The maximum absolute atomic E-state index is 13.7. The lowest BCUT2D eigenvalue weighted by Crippen LogP contribution is -2.19. The van der Waals surface area contributed by atoms with Gasteiger partial charge in [0, 0.05) is 21.2 Å². The van der Waals surface area contributed by atoms with E-state index in [0.717, 1.165) is 4.90 Å². The van der Waals surface area contributed by atoms with Crippen molar-refractivity contribution in [1.82, 2.24) is 0 Å². The lowest BCUT2D eigenvalue weighted by molar-refractivity contribution is -0.115. The van der Waals surface area contributed by atoms with E-state index in [4.69, 9.17) is 11.6 Å². The normalized spacial score (nSPS) is 13.2. The van der Waals surface area contributed by atoms with E-state index in [-0.39, 0.29) is 28.8 Å². The SMILES string of the molecule is O=C(Cc1c(F)cccc1Cl)Nc1ccc2c(c1)NC(=O)CS2. The summed E-state index contributed by atoms with van der Waals surface area (Å²) in [7, 11) is 0. The molecule has 1 heterocycles. The third kappa shape index (κ3) is 3.65. The molecule has 23 heavy (non-hydrogen) atoms. The smallest absolute Gasteiger partial charge is 0.234 e. The molecule has 118 valence electrons. The van der Waals surface area contributed by atoms with E-state index in [2.05, 4.69) is 10.6 Å². The van der Waals surface area contributed by atoms with Crippen LogP contribution in [-0.2, 0) is 16.0 Å². The second-order valence-corrected chi connectivity index (χ2v) is 6.40. The number of amides is 2. The maximum atomic E-state index is 13.7. The summed E-state index contributed by atoms with van der Waals surface area (Å²) in [5, 5.41) is 5.65. The first-order chi connectivity index (χ1) is 11.0. The Morgan fingerprint density at radius 3 is 2.96 bits per heavy atom. The number of rotatable bonds is 3. The number of halogens is 2. The van der Waals surface area contributed by atoms with Crippen LogP contribution in [-0.4, -0.2) is 17.6 Å². The molecule has 4 nitrogen and oxygen atoms in total. The van der Waals surface area contributed by atoms with Crippen molar-refractivity contribution < 1.29 is 14.0 Å². The van der Waals surface area contributed by atoms with Crippen molar-refractivity contribution in [1.29, 1.82) is 0 Å². The Labute approximate surface area is 141 Å². The van der Waals surface area contributed by atoms with Gasteiger partial charge in [-0.05, 0) is 30.3 Å². The third-order valence-electron chi connectivity index (χ3n) is 3.30. The van der Waals surface area contributed by atoms with E-state index in [1.165, 1.54) is 23.9 Å². The third-order valence-corrected chi connectivity index (χ3v) is 4.72. The van der Waals surface area contributed by atoms with E-state index >= 15 is 0 Å². The molecular weight excluding hydrogens is 339 g/mol. The van der Waals surface area contributed by atoms with Crippen molar-refractivity contribution >= 4 is 46.6 Å². The molecule has 3 rings (SSSR count). The minimum atomic E-state index is -0.512. The highest BCUT2D eigenvalue weighted by atomic mass is 35.5. The summed E-state index contributed by atoms with van der Waals surface area (Å²) in [6, 6.07) is 9.54. The van der Waals surface area contributed by atoms with Gasteiger partial charge in [0.1, 0.15) is 5.82 Å². The second kappa shape index (κ2) is 6.60. The van der Waals surface area contributed by atoms with Crippen molar-refractivity contribution in [3.8, 4) is 0 Å². The number of benzene rings is 2. The molecule has 0 bridgehead atoms. The van der Waals surface area contributed by atoms with Gasteiger partial charge in [-0.15, -0.1) is 11.8 Å². The molecule has 2 aromatic carbocycles. The van der Waals surface area contributed by atoms with E-state index in [0.29, 0.717) is 17.1 Å². The summed E-state index contributed by atoms with van der Waals surface area (Å²) in [5.74, 6) is -0.595. The van der Waals surface area contributed by atoms with Crippen molar-refractivity contribution in [3.05, 3.63) is 52.8 Å². The van der Waals surface area contributed by atoms with E-state index in [1.54, 1.807) is 18.2 Å². The summed E-state index contributed by atoms with van der Waals surface area (Å²) in [5.41, 5.74) is 1.35. The van der Waals surface area contributed by atoms with E-state index < -0.39 is 5.82 Å². The zero-order valence-corrected chi connectivity index (χ0v) is 13.4. The fourth-order valence-corrected chi connectivity index (χ4v) is 3.25. The van der Waals surface area contributed by atoms with Gasteiger partial charge in [-0.25, -0.2) is 4.39 Å². The number of hydrogen-bond donors (Lipinski definition) is 2. The van der Waals surface area contributed by atoms with Crippen molar-refractivity contribution in [2.24, 2.45) is 0 Å². The molecule has 7 heteroatoms. The molecule has 0 atom stereocenters. The highest BCUT2D eigenvalue weighted by Crippen LogP contribution is 2.33. The predicted octanol–water partition coefficient (Wildman–Crippen LogP) is 3.70. The van der Waals surface area contributed by atoms with Gasteiger partial charge in [0.25, 0.3) is 0 Å². The minimum Gasteiger partial charge on any atom is -0.326 e. The Morgan fingerprint density at radius 1 is 1.35 bits per heavy atom. The number of carbonyl (C=O) groups is 2. The summed E-state index contributed by atoms with van der Waals surface area (Å²) in [6.45, 7) is 0. The first kappa shape index (κ1) is 15.8. The average Bonchev–Trinajstić information content (AvgIpc) is 2.50. The van der Waals surface area contributed by atoms with Crippen molar-refractivity contribution in [3.63, 3.8) is 0 Å². The zero-order chi connectivity index (χ0) is 16.4. The Kier molecular flexibility index (Phi) is 4.54. The van der Waals surface area contributed by atoms with Gasteiger partial charge in [0.2, 0.25) is 11.8 Å². The fraction of sp³-hybridized carbons (Fsp3) is 0.125. The zero-order valence-electron chi connectivity index (χ0n) is 11.9. The molecule has 0 saturated carbocycles. The largest absolute Gasteiger partial charge is 0.326 e. The second-order valence-electron chi connectivity index (χ2n) is 4.97. The lowest BCUT2D eigenvalue weighted by atomic mass is 10.1. The number of thioether (sulfide) groups is 1. The van der Waals surface area contributed by atoms with Crippen molar-refractivity contribution in [2.45, 2.75) is 11.3 Å². The van der Waals surface area contributed by atoms with E-state index in [1.807, 2.05) is 6.07 Å². The maximum Gasteiger partial charge on any atom is 0.234 e. The Balaban J connectivity index is 1.73. The Morgan fingerprint density at radius 2 is 2.17 bits per heavy atom. The Hall–Kier alpha value is -2.05. The number of nitrogens with one attached hydrogen (secondary N) is 2. The van der Waals surface area contributed by atoms with Crippen molar-refractivity contribution in [2.75, 3.05) is 16.4 Å². The number of carbonyl (C=O) groups excluding carboxylic acids is 2. The van der Waals surface area contributed by atoms with Crippen LogP contribution >= 0.6 is 23.4 Å². The molecule has 2 N–H and O–H groups in total. The molecule has 0 aliphatic carbocycles. The molecule has 1 aliphatic rings. The minimum absolute atomic E-state index is 0.0795. The quantitative estimate of drug-likeness (QED) is 0.887. The highest BCUT2D eigenvalue weighted by molar-refractivity contribution is 8.00. The van der Waals surface area contributed by atoms with Gasteiger partial charge in [-0.1, -0.05) is 17.7 Å². The first-order valence-corrected chi connectivity index (χ1v) is 8.19. The molecular formula is C16H12ClFN2O2S. The topological polar surface area (TPSA) is 58.2 Å². The van der Waals surface area contributed by atoms with Gasteiger partial charge < -0.3 is 10.6 Å². The summed E-state index contributed by atoms with van der Waals surface area (Å²) in [4.78, 5) is 24.4. The summed E-state index contributed by atoms with van der Waals surface area (Å²) in [6.07, 6.45) is -0.163. The number of fused-ring (bicyclic) bond motifs is 1. The molecule has 0 unspecified atom stereocenters. The Bertz CT molecular complexity index is 777. The fourth-order valence-electron chi connectivity index (χ4n) is 2.23. The monoisotopic (exact) mass is 350 g/mol.